The van der Waals surface area contributed by atoms with Gasteiger partial charge in [0.1, 0.15) is 5.67 Å². The summed E-state index contributed by atoms with van der Waals surface area (Å²) in [5.41, 5.74) is 6.12. The highest BCUT2D eigenvalue weighted by atomic mass is 19.1. The van der Waals surface area contributed by atoms with Crippen LogP contribution in [0.3, 0.4) is 0 Å². The van der Waals surface area contributed by atoms with Gasteiger partial charge in [0.15, 0.2) is 0 Å². The molecular formula is C15H17FN2. The highest BCUT2D eigenvalue weighted by Gasteiger charge is 2.37. The van der Waals surface area contributed by atoms with Crippen molar-refractivity contribution in [2.75, 3.05) is 0 Å². The van der Waals surface area contributed by atoms with Gasteiger partial charge in [-0.3, -0.25) is 4.98 Å². The van der Waals surface area contributed by atoms with Crippen LogP contribution < -0.4 is 5.73 Å². The molecule has 94 valence electrons. The van der Waals surface area contributed by atoms with Gasteiger partial charge in [0.05, 0.1) is 5.52 Å². The predicted molar refractivity (Wildman–Crippen MR) is 71.0 cm³/mol. The first-order chi connectivity index (χ1) is 8.69. The van der Waals surface area contributed by atoms with E-state index in [0.717, 1.165) is 29.3 Å². The van der Waals surface area contributed by atoms with Gasteiger partial charge in [-0.25, -0.2) is 4.39 Å². The summed E-state index contributed by atoms with van der Waals surface area (Å²) in [6, 6.07) is 9.76. The average molecular weight is 244 g/mol. The van der Waals surface area contributed by atoms with Crippen molar-refractivity contribution >= 4 is 10.9 Å². The second kappa shape index (κ2) is 4.32. The molecule has 1 saturated carbocycles. The Labute approximate surface area is 106 Å². The molecule has 0 spiro atoms. The van der Waals surface area contributed by atoms with Crippen LogP contribution >= 0.6 is 0 Å². The molecule has 3 heteroatoms. The van der Waals surface area contributed by atoms with E-state index in [4.69, 9.17) is 5.73 Å². The Balaban J connectivity index is 2.08. The zero-order chi connectivity index (χ0) is 12.6. The number of alkyl halides is 1. The summed E-state index contributed by atoms with van der Waals surface area (Å²) < 4.78 is 15.1. The van der Waals surface area contributed by atoms with E-state index in [9.17, 15) is 0 Å². The number of para-hydroxylation sites is 1. The van der Waals surface area contributed by atoms with Crippen molar-refractivity contribution < 1.29 is 4.39 Å². The minimum atomic E-state index is -1.26. The molecule has 0 radical (unpaired) electrons. The molecule has 0 unspecified atom stereocenters. The number of pyridine rings is 1. The van der Waals surface area contributed by atoms with Gasteiger partial charge in [0.25, 0.3) is 0 Å². The molecule has 0 amide bonds. The van der Waals surface area contributed by atoms with Gasteiger partial charge < -0.3 is 5.73 Å². The molecule has 3 rings (SSSR count). The fourth-order valence-electron chi connectivity index (χ4n) is 2.83. The highest BCUT2D eigenvalue weighted by molar-refractivity contribution is 5.82. The second-order valence-corrected chi connectivity index (χ2v) is 5.18. The van der Waals surface area contributed by atoms with Crippen molar-refractivity contribution in [3.05, 3.63) is 42.1 Å². The third kappa shape index (κ3) is 1.89. The maximum absolute atomic E-state index is 15.1. The summed E-state index contributed by atoms with van der Waals surface area (Å²) in [7, 11) is 0. The van der Waals surface area contributed by atoms with Gasteiger partial charge >= 0.3 is 0 Å². The SMILES string of the molecule is NC1CCC(F)(c2cccc3cccnc23)CC1. The van der Waals surface area contributed by atoms with Gasteiger partial charge in [-0.2, -0.15) is 0 Å². The van der Waals surface area contributed by atoms with E-state index in [0.29, 0.717) is 12.8 Å². The lowest BCUT2D eigenvalue weighted by Crippen LogP contribution is -2.34. The topological polar surface area (TPSA) is 38.9 Å². The number of benzene rings is 1. The van der Waals surface area contributed by atoms with E-state index in [1.807, 2.05) is 30.3 Å². The number of fused-ring (bicyclic) bond motifs is 1. The van der Waals surface area contributed by atoms with E-state index in [1.165, 1.54) is 0 Å². The molecule has 1 aliphatic carbocycles. The minimum Gasteiger partial charge on any atom is -0.328 e. The zero-order valence-electron chi connectivity index (χ0n) is 10.3. The monoisotopic (exact) mass is 244 g/mol. The number of hydrogen-bond donors (Lipinski definition) is 1. The molecule has 2 nitrogen and oxygen atoms in total. The molecule has 1 aliphatic rings. The van der Waals surface area contributed by atoms with Crippen LogP contribution in [0.4, 0.5) is 4.39 Å². The van der Waals surface area contributed by atoms with Crippen molar-refractivity contribution in [2.24, 2.45) is 5.73 Å². The molecule has 1 aromatic carbocycles. The van der Waals surface area contributed by atoms with Crippen molar-refractivity contribution in [2.45, 2.75) is 37.4 Å². The molecule has 2 aromatic rings. The van der Waals surface area contributed by atoms with Crippen molar-refractivity contribution in [1.29, 1.82) is 0 Å². The molecular weight excluding hydrogens is 227 g/mol. The van der Waals surface area contributed by atoms with Crippen LogP contribution in [0.1, 0.15) is 31.2 Å². The summed E-state index contributed by atoms with van der Waals surface area (Å²) in [6.07, 6.45) is 4.23. The van der Waals surface area contributed by atoms with E-state index in [2.05, 4.69) is 4.98 Å². The maximum atomic E-state index is 15.1. The second-order valence-electron chi connectivity index (χ2n) is 5.18. The molecule has 1 fully saturated rings. The Morgan fingerprint density at radius 1 is 1.17 bits per heavy atom. The first-order valence-electron chi connectivity index (χ1n) is 6.48. The third-order valence-electron chi connectivity index (χ3n) is 3.94. The maximum Gasteiger partial charge on any atom is 0.138 e. The Kier molecular flexibility index (Phi) is 2.78. The van der Waals surface area contributed by atoms with Gasteiger partial charge in [-0.05, 0) is 31.7 Å². The number of hydrogen-bond acceptors (Lipinski definition) is 2. The van der Waals surface area contributed by atoms with Crippen molar-refractivity contribution in [3.8, 4) is 0 Å². The fraction of sp³-hybridized carbons (Fsp3) is 0.400. The van der Waals surface area contributed by atoms with E-state index >= 15 is 4.39 Å². The Morgan fingerprint density at radius 2 is 1.89 bits per heavy atom. The first kappa shape index (κ1) is 11.6. The van der Waals surface area contributed by atoms with Crippen LogP contribution in [0.2, 0.25) is 0 Å². The van der Waals surface area contributed by atoms with Crippen molar-refractivity contribution in [1.82, 2.24) is 4.98 Å². The molecule has 1 heterocycles. The molecule has 0 atom stereocenters. The smallest absolute Gasteiger partial charge is 0.138 e. The molecule has 0 aliphatic heterocycles. The fourth-order valence-corrected chi connectivity index (χ4v) is 2.83. The minimum absolute atomic E-state index is 0.150. The molecule has 0 saturated heterocycles. The van der Waals surface area contributed by atoms with Gasteiger partial charge in [-0.15, -0.1) is 0 Å². The average Bonchev–Trinajstić information content (AvgIpc) is 2.42. The summed E-state index contributed by atoms with van der Waals surface area (Å²) in [6.45, 7) is 0. The Hall–Kier alpha value is -1.48. The standard InChI is InChI=1S/C15H17FN2/c16-15(8-6-12(17)7-9-15)13-5-1-3-11-4-2-10-18-14(11)13/h1-5,10,12H,6-9,17H2. The largest absolute Gasteiger partial charge is 0.328 e. The van der Waals surface area contributed by atoms with E-state index < -0.39 is 5.67 Å². The summed E-state index contributed by atoms with van der Waals surface area (Å²) in [4.78, 5) is 4.35. The van der Waals surface area contributed by atoms with Crippen LogP contribution in [0.25, 0.3) is 10.9 Å². The number of rotatable bonds is 1. The van der Waals surface area contributed by atoms with Gasteiger partial charge in [0, 0.05) is 23.2 Å². The lowest BCUT2D eigenvalue weighted by Gasteiger charge is -2.33. The van der Waals surface area contributed by atoms with Crippen LogP contribution in [-0.2, 0) is 5.67 Å². The third-order valence-corrected chi connectivity index (χ3v) is 3.94. The number of nitrogens with two attached hydrogens (primary N) is 1. The first-order valence-corrected chi connectivity index (χ1v) is 6.48. The lowest BCUT2D eigenvalue weighted by molar-refractivity contribution is 0.0993. The molecule has 18 heavy (non-hydrogen) atoms. The number of halogens is 1. The number of nitrogens with zero attached hydrogens (tertiary/aromatic N) is 1. The summed E-state index contributed by atoms with van der Waals surface area (Å²) in [5.74, 6) is 0. The Bertz CT molecular complexity index is 554. The molecule has 1 aromatic heterocycles. The molecule has 0 bridgehead atoms. The quantitative estimate of drug-likeness (QED) is 0.836. The molecule has 2 N–H and O–H groups in total. The van der Waals surface area contributed by atoms with Gasteiger partial charge in [0.2, 0.25) is 0 Å². The summed E-state index contributed by atoms with van der Waals surface area (Å²) in [5, 5.41) is 1.00. The van der Waals surface area contributed by atoms with E-state index in [-0.39, 0.29) is 6.04 Å². The van der Waals surface area contributed by atoms with Crippen LogP contribution in [-0.4, -0.2) is 11.0 Å². The Morgan fingerprint density at radius 3 is 2.67 bits per heavy atom. The number of aromatic nitrogens is 1. The van der Waals surface area contributed by atoms with Crippen LogP contribution in [0, 0.1) is 0 Å². The van der Waals surface area contributed by atoms with Crippen molar-refractivity contribution in [3.63, 3.8) is 0 Å². The predicted octanol–water partition coefficient (Wildman–Crippen LogP) is 3.30. The van der Waals surface area contributed by atoms with Crippen LogP contribution in [0.5, 0.6) is 0 Å². The van der Waals surface area contributed by atoms with Gasteiger partial charge in [-0.1, -0.05) is 24.3 Å². The van der Waals surface area contributed by atoms with E-state index in [1.54, 1.807) is 6.20 Å². The zero-order valence-corrected chi connectivity index (χ0v) is 10.3. The summed E-state index contributed by atoms with van der Waals surface area (Å²) >= 11 is 0. The highest BCUT2D eigenvalue weighted by Crippen LogP contribution is 2.42. The van der Waals surface area contributed by atoms with Crippen LogP contribution in [0.15, 0.2) is 36.5 Å². The lowest BCUT2D eigenvalue weighted by atomic mass is 9.78. The normalized spacial score (nSPS) is 28.4.